The van der Waals surface area contributed by atoms with E-state index >= 15 is 0 Å². The molecule has 7 nitrogen and oxygen atoms in total. The first-order valence-electron chi connectivity index (χ1n) is 11.8. The van der Waals surface area contributed by atoms with Crippen LogP contribution in [0.1, 0.15) is 25.2 Å². The van der Waals surface area contributed by atoms with Crippen LogP contribution in [0.15, 0.2) is 98.8 Å². The Morgan fingerprint density at radius 2 is 0.889 bits per heavy atom. The summed E-state index contributed by atoms with van der Waals surface area (Å²) in [5, 5.41) is 3.41. The highest BCUT2D eigenvalue weighted by atomic mass is 16.5. The lowest BCUT2D eigenvalue weighted by atomic mass is 9.97. The van der Waals surface area contributed by atoms with Crippen molar-refractivity contribution in [2.75, 3.05) is 14.2 Å². The van der Waals surface area contributed by atoms with Crippen LogP contribution in [0.4, 0.5) is 0 Å². The number of pyridine rings is 1. The van der Waals surface area contributed by atoms with Gasteiger partial charge in [0.05, 0.1) is 47.0 Å². The molecule has 0 radical (unpaired) electrons. The third kappa shape index (κ3) is 3.64. The minimum absolute atomic E-state index is 0.701. The van der Waals surface area contributed by atoms with Crippen LogP contribution < -0.4 is 30.9 Å². The third-order valence-corrected chi connectivity index (χ3v) is 6.60. The SMILES string of the molecule is COc1cc(OC)cc(-c2cc(C3(C)N=c4ccccc4=N3)nc(C3(C)N=c4ccccc4=N3)c2)c1. The molecule has 0 fully saturated rings. The van der Waals surface area contributed by atoms with Gasteiger partial charge in [-0.3, -0.25) is 0 Å². The molecule has 36 heavy (non-hydrogen) atoms. The number of hydrogen-bond acceptors (Lipinski definition) is 7. The molecular formula is C29H25N5O2. The van der Waals surface area contributed by atoms with Crippen LogP contribution >= 0.6 is 0 Å². The molecule has 4 aromatic rings. The van der Waals surface area contributed by atoms with Gasteiger partial charge in [0, 0.05) is 6.07 Å². The molecule has 0 unspecified atom stereocenters. The van der Waals surface area contributed by atoms with Gasteiger partial charge in [0.2, 0.25) is 0 Å². The second-order valence-electron chi connectivity index (χ2n) is 9.19. The maximum atomic E-state index is 5.53. The number of ether oxygens (including phenoxy) is 2. The highest BCUT2D eigenvalue weighted by molar-refractivity contribution is 5.68. The first kappa shape index (κ1) is 22.1. The molecule has 0 saturated carbocycles. The van der Waals surface area contributed by atoms with Gasteiger partial charge in [0.15, 0.2) is 11.3 Å². The average Bonchev–Trinajstić information content (AvgIpc) is 3.45. The van der Waals surface area contributed by atoms with Gasteiger partial charge in [-0.15, -0.1) is 0 Å². The average molecular weight is 476 g/mol. The van der Waals surface area contributed by atoms with Gasteiger partial charge in [-0.1, -0.05) is 24.3 Å². The van der Waals surface area contributed by atoms with Crippen molar-refractivity contribution in [3.8, 4) is 22.6 Å². The van der Waals surface area contributed by atoms with Crippen molar-refractivity contribution in [3.05, 3.63) is 112 Å². The first-order chi connectivity index (χ1) is 17.4. The molecule has 0 spiro atoms. The summed E-state index contributed by atoms with van der Waals surface area (Å²) in [5.74, 6) is 1.40. The Morgan fingerprint density at radius 1 is 0.528 bits per heavy atom. The number of methoxy groups -OCH3 is 2. The van der Waals surface area contributed by atoms with E-state index in [0.717, 1.165) is 43.9 Å². The normalized spacial score (nSPS) is 16.0. The standard InChI is InChI=1S/C29H25N5O2/c1-28(31-22-9-5-6-10-23(22)32-28)26-15-19(18-13-20(35-3)17-21(14-18)36-4)16-27(30-26)29(2)33-24-11-7-8-12-25(24)34-29/h5-17H,1-4H3. The summed E-state index contributed by atoms with van der Waals surface area (Å²) in [6.07, 6.45) is 0. The summed E-state index contributed by atoms with van der Waals surface area (Å²) in [6.45, 7) is 3.96. The maximum Gasteiger partial charge on any atom is 0.191 e. The van der Waals surface area contributed by atoms with Gasteiger partial charge in [0.25, 0.3) is 0 Å². The van der Waals surface area contributed by atoms with E-state index in [1.165, 1.54) is 0 Å². The monoisotopic (exact) mass is 475 g/mol. The highest BCUT2D eigenvalue weighted by Crippen LogP contribution is 2.37. The number of nitrogens with zero attached hydrogens (tertiary/aromatic N) is 5. The van der Waals surface area contributed by atoms with Crippen molar-refractivity contribution in [3.63, 3.8) is 0 Å². The summed E-state index contributed by atoms with van der Waals surface area (Å²) in [7, 11) is 3.29. The summed E-state index contributed by atoms with van der Waals surface area (Å²) in [6, 6.07) is 25.6. The molecule has 0 atom stereocenters. The fraction of sp³-hybridized carbons (Fsp3) is 0.207. The van der Waals surface area contributed by atoms with Crippen LogP contribution in [0.5, 0.6) is 11.5 Å². The number of hydrogen-bond donors (Lipinski definition) is 0. The topological polar surface area (TPSA) is 80.8 Å². The van der Waals surface area contributed by atoms with Crippen molar-refractivity contribution in [2.45, 2.75) is 25.2 Å². The number of benzene rings is 3. The van der Waals surface area contributed by atoms with E-state index < -0.39 is 11.3 Å². The van der Waals surface area contributed by atoms with Gasteiger partial charge in [-0.25, -0.2) is 25.0 Å². The zero-order valence-electron chi connectivity index (χ0n) is 20.6. The lowest BCUT2D eigenvalue weighted by Crippen LogP contribution is -2.23. The van der Waals surface area contributed by atoms with Gasteiger partial charge in [-0.05, 0) is 73.5 Å². The van der Waals surface area contributed by atoms with E-state index in [1.54, 1.807) is 14.2 Å². The first-order valence-corrected chi connectivity index (χ1v) is 11.8. The van der Waals surface area contributed by atoms with Crippen LogP contribution in [0.3, 0.4) is 0 Å². The van der Waals surface area contributed by atoms with Crippen LogP contribution in [0.2, 0.25) is 0 Å². The van der Waals surface area contributed by atoms with Gasteiger partial charge in [-0.2, -0.15) is 0 Å². The van der Waals surface area contributed by atoms with Gasteiger partial charge < -0.3 is 9.47 Å². The number of fused-ring (bicyclic) bond motifs is 2. The Labute approximate surface area is 208 Å². The van der Waals surface area contributed by atoms with Crippen LogP contribution in [-0.2, 0) is 11.3 Å². The number of para-hydroxylation sites is 4. The second-order valence-corrected chi connectivity index (χ2v) is 9.19. The molecule has 0 N–H and O–H groups in total. The van der Waals surface area contributed by atoms with E-state index in [0.29, 0.717) is 11.5 Å². The largest absolute Gasteiger partial charge is 0.497 e. The van der Waals surface area contributed by atoms with Crippen molar-refractivity contribution in [1.29, 1.82) is 0 Å². The number of aromatic nitrogens is 1. The van der Waals surface area contributed by atoms with E-state index in [2.05, 4.69) is 0 Å². The van der Waals surface area contributed by atoms with E-state index in [1.807, 2.05) is 92.7 Å². The Hall–Kier alpha value is -4.39. The predicted molar refractivity (Wildman–Crippen MR) is 135 cm³/mol. The zero-order chi connectivity index (χ0) is 24.9. The predicted octanol–water partition coefficient (Wildman–Crippen LogP) is 3.02. The lowest BCUT2D eigenvalue weighted by Gasteiger charge is -2.23. The molecule has 3 heterocycles. The van der Waals surface area contributed by atoms with Crippen LogP contribution in [0, 0.1) is 0 Å². The third-order valence-electron chi connectivity index (χ3n) is 6.60. The maximum absolute atomic E-state index is 5.53. The minimum Gasteiger partial charge on any atom is -0.497 e. The van der Waals surface area contributed by atoms with Crippen molar-refractivity contribution < 1.29 is 9.47 Å². The molecule has 0 bridgehead atoms. The molecule has 178 valence electrons. The molecule has 2 aliphatic heterocycles. The Morgan fingerprint density at radius 3 is 1.25 bits per heavy atom. The molecule has 6 rings (SSSR count). The Bertz CT molecular complexity index is 1570. The Balaban J connectivity index is 1.59. The van der Waals surface area contributed by atoms with E-state index in [-0.39, 0.29) is 0 Å². The van der Waals surface area contributed by atoms with Gasteiger partial charge in [0.1, 0.15) is 11.5 Å². The molecule has 7 heteroatoms. The molecule has 0 amide bonds. The minimum atomic E-state index is -0.876. The second kappa shape index (κ2) is 8.09. The molecule has 2 aliphatic rings. The zero-order valence-corrected chi connectivity index (χ0v) is 20.6. The summed E-state index contributed by atoms with van der Waals surface area (Å²) in [4.78, 5) is 24.9. The molecular weight excluding hydrogens is 450 g/mol. The highest BCUT2D eigenvalue weighted by Gasteiger charge is 2.35. The van der Waals surface area contributed by atoms with E-state index in [9.17, 15) is 0 Å². The smallest absolute Gasteiger partial charge is 0.191 e. The Kier molecular flexibility index (Phi) is 4.96. The number of rotatable bonds is 5. The molecule has 3 aromatic carbocycles. The molecule has 0 saturated heterocycles. The lowest BCUT2D eigenvalue weighted by molar-refractivity contribution is 0.394. The fourth-order valence-corrected chi connectivity index (χ4v) is 4.68. The van der Waals surface area contributed by atoms with E-state index in [4.69, 9.17) is 34.4 Å². The fourth-order valence-electron chi connectivity index (χ4n) is 4.68. The van der Waals surface area contributed by atoms with Gasteiger partial charge >= 0.3 is 0 Å². The van der Waals surface area contributed by atoms with Crippen molar-refractivity contribution >= 4 is 0 Å². The van der Waals surface area contributed by atoms with Crippen LogP contribution in [-0.4, -0.2) is 19.2 Å². The van der Waals surface area contributed by atoms with Crippen LogP contribution in [0.25, 0.3) is 11.1 Å². The molecule has 1 aromatic heterocycles. The quantitative estimate of drug-likeness (QED) is 0.445. The molecule has 0 aliphatic carbocycles. The summed E-state index contributed by atoms with van der Waals surface area (Å²) >= 11 is 0. The summed E-state index contributed by atoms with van der Waals surface area (Å²) < 4.78 is 11.1. The van der Waals surface area contributed by atoms with Crippen molar-refractivity contribution in [2.24, 2.45) is 20.0 Å². The van der Waals surface area contributed by atoms with Crippen molar-refractivity contribution in [1.82, 2.24) is 4.98 Å². The summed E-state index contributed by atoms with van der Waals surface area (Å²) in [5.41, 5.74) is 1.54.